The molecule has 1 atom stereocenters. The molecule has 0 amide bonds. The molecule has 0 bridgehead atoms. The van der Waals surface area contributed by atoms with Gasteiger partial charge in [0, 0.05) is 7.11 Å². The predicted molar refractivity (Wildman–Crippen MR) is 39.4 cm³/mol. The van der Waals surface area contributed by atoms with E-state index in [4.69, 9.17) is 5.11 Å². The Morgan fingerprint density at radius 2 is 2.36 bits per heavy atom. The van der Waals surface area contributed by atoms with E-state index < -0.39 is 0 Å². The van der Waals surface area contributed by atoms with Gasteiger partial charge in [0.2, 0.25) is 0 Å². The Morgan fingerprint density at radius 1 is 1.73 bits per heavy atom. The molecule has 0 saturated carbocycles. The summed E-state index contributed by atoms with van der Waals surface area (Å²) < 4.78 is 0. The fraction of sp³-hybridized carbons (Fsp3) is 0.833. The van der Waals surface area contributed by atoms with Crippen molar-refractivity contribution in [3.63, 3.8) is 0 Å². The monoisotopic (exact) mass is 162 g/mol. The lowest BCUT2D eigenvalue weighted by atomic mass is 10.2. The fourth-order valence-electron chi connectivity index (χ4n) is 0.968. The molecule has 1 aliphatic rings. The first-order valence-electron chi connectivity index (χ1n) is 3.43. The molecule has 0 aromatic heterocycles. The minimum atomic E-state index is -0.354. The van der Waals surface area contributed by atoms with Crippen LogP contribution in [-0.2, 0) is 9.63 Å². The zero-order valence-electron chi connectivity index (χ0n) is 6.54. The van der Waals surface area contributed by atoms with E-state index in [1.165, 1.54) is 0 Å². The van der Waals surface area contributed by atoms with Crippen LogP contribution in [0.3, 0.4) is 0 Å². The Morgan fingerprint density at radius 3 is 2.73 bits per heavy atom. The Hall–Kier alpha value is -0.650. The van der Waals surface area contributed by atoms with Gasteiger partial charge in [-0.25, -0.2) is 4.79 Å². The zero-order valence-corrected chi connectivity index (χ0v) is 6.54. The Labute approximate surface area is 65.5 Å². The molecule has 11 heavy (non-hydrogen) atoms. The van der Waals surface area contributed by atoms with Crippen LogP contribution in [0.2, 0.25) is 0 Å². The summed E-state index contributed by atoms with van der Waals surface area (Å²) in [6.07, 6.45) is 1.87. The Kier molecular flexibility index (Phi) is 5.73. The van der Waals surface area contributed by atoms with E-state index in [0.717, 1.165) is 26.5 Å². The summed E-state index contributed by atoms with van der Waals surface area (Å²) >= 11 is 0. The summed E-state index contributed by atoms with van der Waals surface area (Å²) in [6, 6.07) is -0.157. The predicted octanol–water partition coefficient (Wildman–Crippen LogP) is -1.24. The summed E-state index contributed by atoms with van der Waals surface area (Å²) in [5.41, 5.74) is 0. The van der Waals surface area contributed by atoms with Crippen molar-refractivity contribution in [2.75, 3.05) is 13.7 Å². The highest BCUT2D eigenvalue weighted by atomic mass is 16.7. The van der Waals surface area contributed by atoms with Gasteiger partial charge in [-0.3, -0.25) is 0 Å². The quantitative estimate of drug-likeness (QED) is 0.420. The second-order valence-corrected chi connectivity index (χ2v) is 2.09. The van der Waals surface area contributed by atoms with E-state index in [9.17, 15) is 4.79 Å². The van der Waals surface area contributed by atoms with Crippen LogP contribution in [0.15, 0.2) is 0 Å². The minimum Gasteiger partial charge on any atom is -0.400 e. The molecular formula is C6H14N2O3. The smallest absolute Gasteiger partial charge is 0.341 e. The normalized spacial score (nSPS) is 21.9. The molecule has 0 aromatic carbocycles. The molecule has 0 radical (unpaired) electrons. The fourth-order valence-corrected chi connectivity index (χ4v) is 0.968. The van der Waals surface area contributed by atoms with Crippen LogP contribution < -0.4 is 11.2 Å². The summed E-state index contributed by atoms with van der Waals surface area (Å²) in [7, 11) is 1.00. The van der Waals surface area contributed by atoms with Crippen LogP contribution in [0, 0.1) is 0 Å². The van der Waals surface area contributed by atoms with Gasteiger partial charge in [-0.2, -0.15) is 5.90 Å². The number of hydrogen-bond acceptors (Lipinski definition) is 5. The van der Waals surface area contributed by atoms with Crippen molar-refractivity contribution in [1.29, 1.82) is 0 Å². The van der Waals surface area contributed by atoms with Crippen molar-refractivity contribution >= 4 is 5.97 Å². The molecule has 5 nitrogen and oxygen atoms in total. The van der Waals surface area contributed by atoms with Gasteiger partial charge in [0.15, 0.2) is 0 Å². The van der Waals surface area contributed by atoms with E-state index in [0.29, 0.717) is 0 Å². The van der Waals surface area contributed by atoms with Crippen molar-refractivity contribution in [3.05, 3.63) is 0 Å². The lowest BCUT2D eigenvalue weighted by Gasteiger charge is -2.03. The zero-order chi connectivity index (χ0) is 8.69. The van der Waals surface area contributed by atoms with Gasteiger partial charge in [-0.15, -0.1) is 0 Å². The van der Waals surface area contributed by atoms with Gasteiger partial charge >= 0.3 is 5.97 Å². The second kappa shape index (κ2) is 6.09. The van der Waals surface area contributed by atoms with Crippen LogP contribution in [0.5, 0.6) is 0 Å². The molecule has 1 unspecified atom stereocenters. The highest BCUT2D eigenvalue weighted by molar-refractivity contribution is 5.75. The number of hydrogen-bond donors (Lipinski definition) is 3. The molecule has 5 heteroatoms. The third-order valence-corrected chi connectivity index (χ3v) is 1.46. The van der Waals surface area contributed by atoms with E-state index in [1.807, 2.05) is 0 Å². The number of aliphatic hydroxyl groups excluding tert-OH is 1. The maximum absolute atomic E-state index is 10.6. The van der Waals surface area contributed by atoms with Crippen LogP contribution in [-0.4, -0.2) is 30.8 Å². The first-order valence-corrected chi connectivity index (χ1v) is 3.43. The molecule has 1 heterocycles. The molecule has 1 saturated heterocycles. The topological polar surface area (TPSA) is 84.6 Å². The first-order chi connectivity index (χ1) is 5.34. The number of aliphatic hydroxyl groups is 1. The molecule has 66 valence electrons. The molecule has 0 spiro atoms. The summed E-state index contributed by atoms with van der Waals surface area (Å²) in [5, 5.41) is 9.95. The third kappa shape index (κ3) is 3.31. The maximum Gasteiger partial charge on any atom is 0.341 e. The lowest BCUT2D eigenvalue weighted by molar-refractivity contribution is -0.146. The van der Waals surface area contributed by atoms with Crippen LogP contribution in [0.1, 0.15) is 12.8 Å². The van der Waals surface area contributed by atoms with Crippen molar-refractivity contribution < 1.29 is 14.7 Å². The molecule has 0 aliphatic carbocycles. The summed E-state index contributed by atoms with van der Waals surface area (Å²) in [4.78, 5) is 14.6. The maximum atomic E-state index is 10.6. The van der Waals surface area contributed by atoms with Crippen LogP contribution >= 0.6 is 0 Å². The third-order valence-electron chi connectivity index (χ3n) is 1.46. The van der Waals surface area contributed by atoms with Crippen molar-refractivity contribution in [3.8, 4) is 0 Å². The van der Waals surface area contributed by atoms with Gasteiger partial charge in [0.05, 0.1) is 0 Å². The van der Waals surface area contributed by atoms with Gasteiger partial charge in [-0.1, -0.05) is 0 Å². The van der Waals surface area contributed by atoms with Gasteiger partial charge in [-0.05, 0) is 19.4 Å². The van der Waals surface area contributed by atoms with Gasteiger partial charge in [0.1, 0.15) is 6.04 Å². The van der Waals surface area contributed by atoms with E-state index in [2.05, 4.69) is 16.1 Å². The Bertz CT molecular complexity index is 112. The average Bonchev–Trinajstić information content (AvgIpc) is 2.59. The van der Waals surface area contributed by atoms with Crippen LogP contribution in [0.25, 0.3) is 0 Å². The SMILES string of the molecule is CO.NOC(=O)C1CCCN1. The van der Waals surface area contributed by atoms with Crippen molar-refractivity contribution in [2.45, 2.75) is 18.9 Å². The minimum absolute atomic E-state index is 0.157. The molecule has 1 fully saturated rings. The second-order valence-electron chi connectivity index (χ2n) is 2.09. The van der Waals surface area contributed by atoms with Crippen molar-refractivity contribution in [2.24, 2.45) is 5.90 Å². The Balaban J connectivity index is 0.000000461. The average molecular weight is 162 g/mol. The van der Waals surface area contributed by atoms with E-state index in [1.54, 1.807) is 0 Å². The summed E-state index contributed by atoms with van der Waals surface area (Å²) in [5.74, 6) is 4.31. The number of rotatable bonds is 1. The lowest BCUT2D eigenvalue weighted by Crippen LogP contribution is -2.33. The highest BCUT2D eigenvalue weighted by Crippen LogP contribution is 2.04. The molecule has 4 N–H and O–H groups in total. The summed E-state index contributed by atoms with van der Waals surface area (Å²) in [6.45, 7) is 0.889. The largest absolute Gasteiger partial charge is 0.400 e. The first kappa shape index (κ1) is 10.3. The molecule has 1 aliphatic heterocycles. The standard InChI is InChI=1S/C5H10N2O2.CH4O/c6-9-5(8)4-2-1-3-7-4;1-2/h4,7H,1-3,6H2;2H,1H3. The number of nitrogens with one attached hydrogen (secondary N) is 1. The number of carbonyl (C=O) groups is 1. The number of nitrogens with two attached hydrogens (primary N) is 1. The molecule has 0 aromatic rings. The van der Waals surface area contributed by atoms with Crippen LogP contribution in [0.4, 0.5) is 0 Å². The molecular weight excluding hydrogens is 148 g/mol. The highest BCUT2D eigenvalue weighted by Gasteiger charge is 2.22. The van der Waals surface area contributed by atoms with Gasteiger partial charge < -0.3 is 15.3 Å². The molecule has 1 rings (SSSR count). The van der Waals surface area contributed by atoms with Crippen molar-refractivity contribution in [1.82, 2.24) is 5.32 Å². The van der Waals surface area contributed by atoms with E-state index in [-0.39, 0.29) is 12.0 Å². The number of carbonyl (C=O) groups excluding carboxylic acids is 1. The van der Waals surface area contributed by atoms with Gasteiger partial charge in [0.25, 0.3) is 0 Å². The van der Waals surface area contributed by atoms with E-state index >= 15 is 0 Å².